The largest absolute Gasteiger partial charge is 0.508 e. The molecule has 0 unspecified atom stereocenters. The van der Waals surface area contributed by atoms with E-state index in [0.29, 0.717) is 13.1 Å². The number of benzene rings is 1. The number of rotatable bonds is 3. The zero-order valence-corrected chi connectivity index (χ0v) is 8.40. The molecule has 1 rings (SSSR count). The highest BCUT2D eigenvalue weighted by Crippen LogP contribution is 2.16. The summed E-state index contributed by atoms with van der Waals surface area (Å²) in [5.74, 6) is -1.38. The molecule has 0 aliphatic heterocycles. The van der Waals surface area contributed by atoms with Gasteiger partial charge in [0.25, 0.3) is 5.91 Å². The van der Waals surface area contributed by atoms with Gasteiger partial charge in [0.1, 0.15) is 11.6 Å². The Labute approximate surface area is 87.1 Å². The van der Waals surface area contributed by atoms with Crippen molar-refractivity contribution in [2.75, 3.05) is 20.1 Å². The minimum Gasteiger partial charge on any atom is -0.508 e. The van der Waals surface area contributed by atoms with Crippen molar-refractivity contribution in [1.29, 1.82) is 0 Å². The molecule has 0 radical (unpaired) electrons. The molecule has 3 N–H and O–H groups in total. The van der Waals surface area contributed by atoms with Crippen LogP contribution in [0, 0.1) is 5.82 Å². The molecule has 0 aromatic heterocycles. The molecule has 0 heterocycles. The van der Waals surface area contributed by atoms with Crippen LogP contribution in [0.4, 0.5) is 4.39 Å². The van der Waals surface area contributed by atoms with Crippen LogP contribution in [0.25, 0.3) is 0 Å². The van der Waals surface area contributed by atoms with Gasteiger partial charge in [-0.05, 0) is 12.1 Å². The predicted molar refractivity (Wildman–Crippen MR) is 54.1 cm³/mol. The average Bonchev–Trinajstić information content (AvgIpc) is 2.17. The number of aromatic hydroxyl groups is 1. The number of phenols is 1. The van der Waals surface area contributed by atoms with Crippen molar-refractivity contribution in [3.63, 3.8) is 0 Å². The lowest BCUT2D eigenvalue weighted by atomic mass is 10.2. The van der Waals surface area contributed by atoms with E-state index in [1.54, 1.807) is 7.05 Å². The number of phenolic OH excluding ortho intramolecular Hbond substituents is 1. The second-order valence-electron chi connectivity index (χ2n) is 3.18. The van der Waals surface area contributed by atoms with E-state index < -0.39 is 11.7 Å². The van der Waals surface area contributed by atoms with Gasteiger partial charge in [0.2, 0.25) is 0 Å². The van der Waals surface area contributed by atoms with Gasteiger partial charge in [-0.2, -0.15) is 0 Å². The maximum Gasteiger partial charge on any atom is 0.256 e. The fourth-order valence-corrected chi connectivity index (χ4v) is 1.18. The number of nitrogens with two attached hydrogens (primary N) is 1. The van der Waals surface area contributed by atoms with Crippen LogP contribution in [0.3, 0.4) is 0 Å². The Bertz CT molecular complexity index is 368. The van der Waals surface area contributed by atoms with Crippen LogP contribution >= 0.6 is 0 Å². The molecule has 82 valence electrons. The third kappa shape index (κ3) is 2.66. The zero-order valence-electron chi connectivity index (χ0n) is 8.40. The fourth-order valence-electron chi connectivity index (χ4n) is 1.18. The van der Waals surface area contributed by atoms with E-state index in [4.69, 9.17) is 10.8 Å². The van der Waals surface area contributed by atoms with Crippen LogP contribution in [0.1, 0.15) is 10.4 Å². The maximum absolute atomic E-state index is 13.3. The normalized spacial score (nSPS) is 10.1. The highest BCUT2D eigenvalue weighted by atomic mass is 19.1. The number of likely N-dealkylation sites (N-methyl/N-ethyl adjacent to an activating group) is 1. The van der Waals surface area contributed by atoms with Crippen LogP contribution in [-0.2, 0) is 0 Å². The minimum absolute atomic E-state index is 0.0660. The Hall–Kier alpha value is -1.62. The number of nitrogens with zero attached hydrogens (tertiary/aromatic N) is 1. The highest BCUT2D eigenvalue weighted by molar-refractivity contribution is 5.94. The van der Waals surface area contributed by atoms with E-state index in [9.17, 15) is 9.18 Å². The van der Waals surface area contributed by atoms with Gasteiger partial charge in [0.15, 0.2) is 0 Å². The standard InChI is InChI=1S/C10H13FN2O2/c1-13(5-4-12)10(15)8-3-2-7(14)6-9(8)11/h2-3,6,14H,4-5,12H2,1H3. The summed E-state index contributed by atoms with van der Waals surface area (Å²) >= 11 is 0. The number of hydrogen-bond acceptors (Lipinski definition) is 3. The van der Waals surface area contributed by atoms with Crippen LogP contribution in [0.5, 0.6) is 5.75 Å². The lowest BCUT2D eigenvalue weighted by Crippen LogP contribution is -2.32. The predicted octanol–water partition coefficient (Wildman–Crippen LogP) is 0.562. The fraction of sp³-hybridized carbons (Fsp3) is 0.300. The van der Waals surface area contributed by atoms with Crippen LogP contribution in [-0.4, -0.2) is 36.1 Å². The Morgan fingerprint density at radius 1 is 1.60 bits per heavy atom. The third-order valence-electron chi connectivity index (χ3n) is 1.99. The molecule has 1 aromatic rings. The molecule has 5 heteroatoms. The van der Waals surface area contributed by atoms with E-state index in [0.717, 1.165) is 6.07 Å². The quantitative estimate of drug-likeness (QED) is 0.769. The van der Waals surface area contributed by atoms with Crippen LogP contribution < -0.4 is 5.73 Å². The summed E-state index contributed by atoms with van der Waals surface area (Å²) in [7, 11) is 1.54. The lowest BCUT2D eigenvalue weighted by molar-refractivity contribution is 0.0794. The first-order valence-electron chi connectivity index (χ1n) is 4.50. The number of halogens is 1. The molecule has 0 saturated carbocycles. The molecule has 0 atom stereocenters. The van der Waals surface area contributed by atoms with E-state index >= 15 is 0 Å². The van der Waals surface area contributed by atoms with Gasteiger partial charge in [-0.15, -0.1) is 0 Å². The van der Waals surface area contributed by atoms with Crippen LogP contribution in [0.15, 0.2) is 18.2 Å². The van der Waals surface area contributed by atoms with Gasteiger partial charge in [-0.3, -0.25) is 4.79 Å². The SMILES string of the molecule is CN(CCN)C(=O)c1ccc(O)cc1F. The van der Waals surface area contributed by atoms with Gasteiger partial charge in [0.05, 0.1) is 5.56 Å². The smallest absolute Gasteiger partial charge is 0.256 e. The van der Waals surface area contributed by atoms with Crippen molar-refractivity contribution in [2.24, 2.45) is 5.73 Å². The summed E-state index contributed by atoms with van der Waals surface area (Å²) < 4.78 is 13.3. The second-order valence-corrected chi connectivity index (χ2v) is 3.18. The van der Waals surface area contributed by atoms with E-state index in [2.05, 4.69) is 0 Å². The molecular formula is C10H13FN2O2. The maximum atomic E-state index is 13.3. The van der Waals surface area contributed by atoms with Gasteiger partial charge in [-0.25, -0.2) is 4.39 Å². The Balaban J connectivity index is 2.91. The molecule has 0 aliphatic rings. The number of hydrogen-bond donors (Lipinski definition) is 2. The van der Waals surface area contributed by atoms with Crippen molar-refractivity contribution in [3.05, 3.63) is 29.6 Å². The summed E-state index contributed by atoms with van der Waals surface area (Å²) in [5, 5.41) is 8.98. The van der Waals surface area contributed by atoms with Crippen molar-refractivity contribution < 1.29 is 14.3 Å². The molecule has 0 saturated heterocycles. The molecule has 0 fully saturated rings. The van der Waals surface area contributed by atoms with E-state index in [1.165, 1.54) is 17.0 Å². The minimum atomic E-state index is -0.733. The van der Waals surface area contributed by atoms with E-state index in [-0.39, 0.29) is 11.3 Å². The molecular weight excluding hydrogens is 199 g/mol. The highest BCUT2D eigenvalue weighted by Gasteiger charge is 2.15. The summed E-state index contributed by atoms with van der Waals surface area (Å²) in [6, 6.07) is 3.43. The lowest BCUT2D eigenvalue weighted by Gasteiger charge is -2.16. The molecule has 0 aliphatic carbocycles. The van der Waals surface area contributed by atoms with Gasteiger partial charge >= 0.3 is 0 Å². The van der Waals surface area contributed by atoms with Crippen molar-refractivity contribution in [1.82, 2.24) is 4.90 Å². The summed E-state index contributed by atoms with van der Waals surface area (Å²) in [4.78, 5) is 12.9. The van der Waals surface area contributed by atoms with Crippen molar-refractivity contribution in [3.8, 4) is 5.75 Å². The third-order valence-corrected chi connectivity index (χ3v) is 1.99. The van der Waals surface area contributed by atoms with Crippen molar-refractivity contribution >= 4 is 5.91 Å². The molecule has 4 nitrogen and oxygen atoms in total. The zero-order chi connectivity index (χ0) is 11.4. The van der Waals surface area contributed by atoms with Crippen molar-refractivity contribution in [2.45, 2.75) is 0 Å². The Morgan fingerprint density at radius 2 is 2.27 bits per heavy atom. The molecule has 1 aromatic carbocycles. The molecule has 0 bridgehead atoms. The van der Waals surface area contributed by atoms with Gasteiger partial charge in [0, 0.05) is 26.2 Å². The number of carbonyl (C=O) groups is 1. The molecule has 1 amide bonds. The van der Waals surface area contributed by atoms with E-state index in [1.807, 2.05) is 0 Å². The summed E-state index contributed by atoms with van der Waals surface area (Å²) in [5.41, 5.74) is 5.21. The first kappa shape index (κ1) is 11.5. The summed E-state index contributed by atoms with van der Waals surface area (Å²) in [6.07, 6.45) is 0. The average molecular weight is 212 g/mol. The summed E-state index contributed by atoms with van der Waals surface area (Å²) in [6.45, 7) is 0.682. The second kappa shape index (κ2) is 4.75. The molecule has 15 heavy (non-hydrogen) atoms. The Kier molecular flexibility index (Phi) is 3.62. The first-order chi connectivity index (χ1) is 7.06. The topological polar surface area (TPSA) is 66.6 Å². The first-order valence-corrected chi connectivity index (χ1v) is 4.50. The van der Waals surface area contributed by atoms with Gasteiger partial charge in [-0.1, -0.05) is 0 Å². The number of amides is 1. The monoisotopic (exact) mass is 212 g/mol. The van der Waals surface area contributed by atoms with Crippen LogP contribution in [0.2, 0.25) is 0 Å². The number of carbonyl (C=O) groups excluding carboxylic acids is 1. The molecule has 0 spiro atoms. The Morgan fingerprint density at radius 3 is 2.80 bits per heavy atom. The van der Waals surface area contributed by atoms with Gasteiger partial charge < -0.3 is 15.7 Å².